The average molecular weight is 336 g/mol. The Morgan fingerprint density at radius 1 is 1.22 bits per heavy atom. The van der Waals surface area contributed by atoms with E-state index in [2.05, 4.69) is 9.88 Å². The lowest BCUT2D eigenvalue weighted by atomic mass is 10.1. The SMILES string of the molecule is Cc1ccc(-c2cc(CS(=O)(=O)NC3CCOCC3)on2)cc1. The Morgan fingerprint density at radius 3 is 2.61 bits per heavy atom. The van der Waals surface area contributed by atoms with Crippen molar-refractivity contribution in [2.45, 2.75) is 31.6 Å². The Hall–Kier alpha value is -1.70. The van der Waals surface area contributed by atoms with Crippen molar-refractivity contribution in [1.82, 2.24) is 9.88 Å². The number of hydrogen-bond donors (Lipinski definition) is 1. The zero-order valence-corrected chi connectivity index (χ0v) is 13.8. The molecule has 3 rings (SSSR count). The van der Waals surface area contributed by atoms with E-state index in [4.69, 9.17) is 9.26 Å². The maximum absolute atomic E-state index is 12.2. The molecule has 0 saturated carbocycles. The molecule has 23 heavy (non-hydrogen) atoms. The molecule has 6 nitrogen and oxygen atoms in total. The molecule has 2 aromatic rings. The second kappa shape index (κ2) is 6.82. The van der Waals surface area contributed by atoms with Crippen LogP contribution in [0.25, 0.3) is 11.3 Å². The van der Waals surface area contributed by atoms with Crippen LogP contribution in [0.1, 0.15) is 24.2 Å². The van der Waals surface area contributed by atoms with E-state index >= 15 is 0 Å². The molecular formula is C16H20N2O4S. The minimum atomic E-state index is -3.45. The topological polar surface area (TPSA) is 81.4 Å². The van der Waals surface area contributed by atoms with Crippen molar-refractivity contribution in [3.63, 3.8) is 0 Å². The third-order valence-electron chi connectivity index (χ3n) is 3.81. The van der Waals surface area contributed by atoms with Crippen molar-refractivity contribution in [2.75, 3.05) is 13.2 Å². The first-order valence-electron chi connectivity index (χ1n) is 7.62. The highest BCUT2D eigenvalue weighted by atomic mass is 32.2. The van der Waals surface area contributed by atoms with Crippen LogP contribution in [-0.2, 0) is 20.5 Å². The molecule has 1 aromatic carbocycles. The first-order valence-corrected chi connectivity index (χ1v) is 9.27. The minimum absolute atomic E-state index is 0.0618. The molecule has 2 heterocycles. The smallest absolute Gasteiger partial charge is 0.219 e. The summed E-state index contributed by atoms with van der Waals surface area (Å²) in [5, 5.41) is 3.96. The normalized spacial score (nSPS) is 16.6. The Bertz CT molecular complexity index is 747. The fraction of sp³-hybridized carbons (Fsp3) is 0.438. The summed E-state index contributed by atoms with van der Waals surface area (Å²) in [5.74, 6) is 0.128. The van der Waals surface area contributed by atoms with E-state index in [1.807, 2.05) is 31.2 Å². The van der Waals surface area contributed by atoms with Crippen LogP contribution < -0.4 is 4.72 Å². The van der Waals surface area contributed by atoms with Gasteiger partial charge < -0.3 is 9.26 Å². The molecule has 0 amide bonds. The molecule has 1 aliphatic rings. The second-order valence-electron chi connectivity index (χ2n) is 5.81. The third kappa shape index (κ3) is 4.40. The first-order chi connectivity index (χ1) is 11.0. The van der Waals surface area contributed by atoms with E-state index in [0.717, 1.165) is 11.1 Å². The second-order valence-corrected chi connectivity index (χ2v) is 7.56. The zero-order valence-electron chi connectivity index (χ0n) is 13.0. The van der Waals surface area contributed by atoms with Gasteiger partial charge in [0.2, 0.25) is 10.0 Å². The van der Waals surface area contributed by atoms with Crippen molar-refractivity contribution in [3.05, 3.63) is 41.7 Å². The van der Waals surface area contributed by atoms with Gasteiger partial charge in [-0.15, -0.1) is 0 Å². The number of aromatic nitrogens is 1. The first kappa shape index (κ1) is 16.2. The highest BCUT2D eigenvalue weighted by molar-refractivity contribution is 7.88. The molecule has 1 N–H and O–H groups in total. The predicted octanol–water partition coefficient (Wildman–Crippen LogP) is 2.25. The Morgan fingerprint density at radius 2 is 1.91 bits per heavy atom. The van der Waals surface area contributed by atoms with Gasteiger partial charge in [0.25, 0.3) is 0 Å². The molecule has 0 radical (unpaired) electrons. The summed E-state index contributed by atoms with van der Waals surface area (Å²) in [7, 11) is -3.45. The highest BCUT2D eigenvalue weighted by Crippen LogP contribution is 2.20. The quantitative estimate of drug-likeness (QED) is 0.905. The minimum Gasteiger partial charge on any atom is -0.381 e. The van der Waals surface area contributed by atoms with Crippen LogP contribution in [0.15, 0.2) is 34.9 Å². The standard InChI is InChI=1S/C16H20N2O4S/c1-12-2-4-13(5-3-12)16-10-15(22-17-16)11-23(19,20)18-14-6-8-21-9-7-14/h2-5,10,14,18H,6-9,11H2,1H3. The molecule has 0 spiro atoms. The molecule has 1 aromatic heterocycles. The number of nitrogens with zero attached hydrogens (tertiary/aromatic N) is 1. The molecule has 1 saturated heterocycles. The van der Waals surface area contributed by atoms with Crippen LogP contribution in [0.4, 0.5) is 0 Å². The number of benzene rings is 1. The summed E-state index contributed by atoms with van der Waals surface area (Å²) in [6, 6.07) is 9.44. The summed E-state index contributed by atoms with van der Waals surface area (Å²) in [6.07, 6.45) is 1.40. The van der Waals surface area contributed by atoms with Gasteiger partial charge in [0.1, 0.15) is 11.4 Å². The summed E-state index contributed by atoms with van der Waals surface area (Å²) < 4.78 is 37.6. The maximum Gasteiger partial charge on any atom is 0.219 e. The van der Waals surface area contributed by atoms with E-state index in [-0.39, 0.29) is 11.8 Å². The summed E-state index contributed by atoms with van der Waals surface area (Å²) >= 11 is 0. The summed E-state index contributed by atoms with van der Waals surface area (Å²) in [5.41, 5.74) is 2.70. The van der Waals surface area contributed by atoms with Gasteiger partial charge in [-0.2, -0.15) is 0 Å². The Balaban J connectivity index is 1.66. The summed E-state index contributed by atoms with van der Waals surface area (Å²) in [4.78, 5) is 0. The van der Waals surface area contributed by atoms with Gasteiger partial charge in [0.05, 0.1) is 0 Å². The van der Waals surface area contributed by atoms with Gasteiger partial charge in [-0.1, -0.05) is 35.0 Å². The number of nitrogens with one attached hydrogen (secondary N) is 1. The zero-order chi connectivity index (χ0) is 16.3. The molecule has 1 aliphatic heterocycles. The van der Waals surface area contributed by atoms with Crippen LogP contribution in [0.5, 0.6) is 0 Å². The molecule has 0 bridgehead atoms. The van der Waals surface area contributed by atoms with E-state index in [1.165, 1.54) is 0 Å². The van der Waals surface area contributed by atoms with Gasteiger partial charge in [0, 0.05) is 30.9 Å². The number of sulfonamides is 1. The lowest BCUT2D eigenvalue weighted by molar-refractivity contribution is 0.0832. The molecule has 1 fully saturated rings. The van der Waals surface area contributed by atoms with Gasteiger partial charge in [-0.25, -0.2) is 13.1 Å². The average Bonchev–Trinajstić information content (AvgIpc) is 2.96. The number of ether oxygens (including phenoxy) is 1. The predicted molar refractivity (Wildman–Crippen MR) is 86.3 cm³/mol. The van der Waals surface area contributed by atoms with Crippen molar-refractivity contribution >= 4 is 10.0 Å². The maximum atomic E-state index is 12.2. The third-order valence-corrected chi connectivity index (χ3v) is 5.16. The Kier molecular flexibility index (Phi) is 4.79. The molecule has 0 unspecified atom stereocenters. The molecule has 0 atom stereocenters. The number of rotatable bonds is 5. The largest absolute Gasteiger partial charge is 0.381 e. The lowest BCUT2D eigenvalue weighted by Crippen LogP contribution is -2.39. The number of hydrogen-bond acceptors (Lipinski definition) is 5. The molecule has 0 aliphatic carbocycles. The van der Waals surface area contributed by atoms with Crippen LogP contribution in [0.3, 0.4) is 0 Å². The van der Waals surface area contributed by atoms with Gasteiger partial charge in [-0.3, -0.25) is 0 Å². The van der Waals surface area contributed by atoms with Gasteiger partial charge in [0.15, 0.2) is 5.76 Å². The Labute approximate surface area is 135 Å². The molecular weight excluding hydrogens is 316 g/mol. The monoisotopic (exact) mass is 336 g/mol. The van der Waals surface area contributed by atoms with E-state index in [9.17, 15) is 8.42 Å². The highest BCUT2D eigenvalue weighted by Gasteiger charge is 2.22. The fourth-order valence-corrected chi connectivity index (χ4v) is 3.88. The molecule has 124 valence electrons. The van der Waals surface area contributed by atoms with Crippen LogP contribution in [0, 0.1) is 6.92 Å². The van der Waals surface area contributed by atoms with Crippen molar-refractivity contribution in [3.8, 4) is 11.3 Å². The van der Waals surface area contributed by atoms with Gasteiger partial charge in [-0.05, 0) is 19.8 Å². The van der Waals surface area contributed by atoms with Crippen LogP contribution >= 0.6 is 0 Å². The number of aryl methyl sites for hydroxylation is 1. The summed E-state index contributed by atoms with van der Waals surface area (Å²) in [6.45, 7) is 3.19. The van der Waals surface area contributed by atoms with E-state index < -0.39 is 10.0 Å². The van der Waals surface area contributed by atoms with Crippen molar-refractivity contribution < 1.29 is 17.7 Å². The lowest BCUT2D eigenvalue weighted by Gasteiger charge is -2.22. The molecule has 7 heteroatoms. The van der Waals surface area contributed by atoms with Crippen molar-refractivity contribution in [1.29, 1.82) is 0 Å². The van der Waals surface area contributed by atoms with E-state index in [1.54, 1.807) is 6.07 Å². The van der Waals surface area contributed by atoms with Crippen molar-refractivity contribution in [2.24, 2.45) is 0 Å². The van der Waals surface area contributed by atoms with Crippen LogP contribution in [0.2, 0.25) is 0 Å². The fourth-order valence-electron chi connectivity index (χ4n) is 2.54. The van der Waals surface area contributed by atoms with E-state index in [0.29, 0.717) is 37.5 Å². The van der Waals surface area contributed by atoms with Gasteiger partial charge >= 0.3 is 0 Å². The van der Waals surface area contributed by atoms with Crippen LogP contribution in [-0.4, -0.2) is 32.8 Å².